The molecule has 25 heavy (non-hydrogen) atoms. The first-order chi connectivity index (χ1) is 11.6. The van der Waals surface area contributed by atoms with Crippen LogP contribution < -0.4 is 10.1 Å². The number of hydrogen-bond acceptors (Lipinski definition) is 4. The van der Waals surface area contributed by atoms with Gasteiger partial charge in [-0.15, -0.1) is 13.2 Å². The molecule has 1 heterocycles. The van der Waals surface area contributed by atoms with Crippen LogP contribution in [0.5, 0.6) is 5.75 Å². The molecule has 1 aliphatic heterocycles. The fourth-order valence-corrected chi connectivity index (χ4v) is 4.45. The molecule has 10 heteroatoms. The van der Waals surface area contributed by atoms with Crippen molar-refractivity contribution in [3.05, 3.63) is 24.3 Å². The zero-order valence-corrected chi connectivity index (χ0v) is 14.4. The fourth-order valence-electron chi connectivity index (χ4n) is 2.71. The number of nitrogens with zero attached hydrogens (tertiary/aromatic N) is 1. The van der Waals surface area contributed by atoms with E-state index >= 15 is 0 Å². The second kappa shape index (κ2) is 7.61. The van der Waals surface area contributed by atoms with Crippen molar-refractivity contribution in [2.75, 3.05) is 17.6 Å². The van der Waals surface area contributed by atoms with E-state index in [-0.39, 0.29) is 18.0 Å². The average molecular weight is 380 g/mol. The third-order valence-electron chi connectivity index (χ3n) is 3.66. The van der Waals surface area contributed by atoms with Gasteiger partial charge in [-0.25, -0.2) is 8.42 Å². The Morgan fingerprint density at radius 3 is 2.76 bits per heavy atom. The minimum Gasteiger partial charge on any atom is -0.406 e. The summed E-state index contributed by atoms with van der Waals surface area (Å²) in [5.74, 6) is -1.08. The van der Waals surface area contributed by atoms with Crippen molar-refractivity contribution in [3.63, 3.8) is 0 Å². The quantitative estimate of drug-likeness (QED) is 0.823. The number of ether oxygens (including phenoxy) is 1. The summed E-state index contributed by atoms with van der Waals surface area (Å²) in [6.45, 7) is 1.99. The van der Waals surface area contributed by atoms with E-state index in [1.54, 1.807) is 6.92 Å². The summed E-state index contributed by atoms with van der Waals surface area (Å²) in [7, 11) is -3.53. The van der Waals surface area contributed by atoms with Gasteiger partial charge in [0.15, 0.2) is 0 Å². The van der Waals surface area contributed by atoms with Crippen LogP contribution in [0.2, 0.25) is 0 Å². The van der Waals surface area contributed by atoms with Crippen molar-refractivity contribution in [3.8, 4) is 5.75 Å². The van der Waals surface area contributed by atoms with Crippen LogP contribution in [0.15, 0.2) is 24.3 Å². The Morgan fingerprint density at radius 1 is 1.40 bits per heavy atom. The van der Waals surface area contributed by atoms with Gasteiger partial charge >= 0.3 is 6.36 Å². The number of amides is 1. The molecular formula is C15H19F3N2O4S. The third kappa shape index (κ3) is 5.33. The smallest absolute Gasteiger partial charge is 0.406 e. The van der Waals surface area contributed by atoms with Crippen molar-refractivity contribution >= 4 is 21.6 Å². The van der Waals surface area contributed by atoms with E-state index < -0.39 is 34.1 Å². The van der Waals surface area contributed by atoms with Crippen LogP contribution in [0.25, 0.3) is 0 Å². The standard InChI is InChI=1S/C15H19F3N2O4S/c1-2-9-25(22,23)20-8-4-7-13(20)14(21)19-11-5-3-6-12(10-11)24-15(16,17)18/h3,5-6,10,13H,2,4,7-9H2,1H3,(H,19,21)/t13-/m0/s1. The summed E-state index contributed by atoms with van der Waals surface area (Å²) in [6.07, 6.45) is -3.48. The summed E-state index contributed by atoms with van der Waals surface area (Å²) in [4.78, 5) is 12.4. The number of hydrogen-bond donors (Lipinski definition) is 1. The number of sulfonamides is 1. The molecule has 6 nitrogen and oxygen atoms in total. The second-order valence-electron chi connectivity index (χ2n) is 5.65. The van der Waals surface area contributed by atoms with Gasteiger partial charge in [0.05, 0.1) is 5.75 Å². The highest BCUT2D eigenvalue weighted by Crippen LogP contribution is 2.27. The van der Waals surface area contributed by atoms with Gasteiger partial charge in [0.25, 0.3) is 0 Å². The molecule has 0 aliphatic carbocycles. The second-order valence-corrected chi connectivity index (χ2v) is 7.69. The molecule has 0 unspecified atom stereocenters. The maximum absolute atomic E-state index is 12.4. The number of rotatable bonds is 6. The van der Waals surface area contributed by atoms with E-state index in [2.05, 4.69) is 10.1 Å². The number of nitrogens with one attached hydrogen (secondary N) is 1. The lowest BCUT2D eigenvalue weighted by Gasteiger charge is -2.23. The monoisotopic (exact) mass is 380 g/mol. The van der Waals surface area contributed by atoms with Gasteiger partial charge in [-0.05, 0) is 31.4 Å². The summed E-state index contributed by atoms with van der Waals surface area (Å²) in [5, 5.41) is 2.46. The van der Waals surface area contributed by atoms with E-state index in [1.807, 2.05) is 0 Å². The number of alkyl halides is 3. The van der Waals surface area contributed by atoms with E-state index in [1.165, 1.54) is 16.4 Å². The van der Waals surface area contributed by atoms with E-state index in [9.17, 15) is 26.4 Å². The first kappa shape index (κ1) is 19.5. The van der Waals surface area contributed by atoms with Crippen molar-refractivity contribution in [1.29, 1.82) is 0 Å². The van der Waals surface area contributed by atoms with Crippen LogP contribution in [0.3, 0.4) is 0 Å². The molecule has 140 valence electrons. The Bertz CT molecular complexity index is 722. The fraction of sp³-hybridized carbons (Fsp3) is 0.533. The van der Waals surface area contributed by atoms with Crippen LogP contribution in [0.4, 0.5) is 18.9 Å². The predicted octanol–water partition coefficient (Wildman–Crippen LogP) is 2.73. The molecule has 2 rings (SSSR count). The topological polar surface area (TPSA) is 75.7 Å². The highest BCUT2D eigenvalue weighted by molar-refractivity contribution is 7.89. The Hall–Kier alpha value is -1.81. The zero-order chi connectivity index (χ0) is 18.7. The van der Waals surface area contributed by atoms with Gasteiger partial charge in [-0.1, -0.05) is 13.0 Å². The van der Waals surface area contributed by atoms with Crippen molar-refractivity contribution in [1.82, 2.24) is 4.31 Å². The lowest BCUT2D eigenvalue weighted by molar-refractivity contribution is -0.274. The third-order valence-corrected chi connectivity index (χ3v) is 5.74. The van der Waals surface area contributed by atoms with Crippen LogP contribution >= 0.6 is 0 Å². The molecule has 1 fully saturated rings. The molecule has 0 saturated carbocycles. The number of anilines is 1. The highest BCUT2D eigenvalue weighted by atomic mass is 32.2. The molecule has 1 N–H and O–H groups in total. The number of benzene rings is 1. The summed E-state index contributed by atoms with van der Waals surface area (Å²) in [6, 6.07) is 3.99. The van der Waals surface area contributed by atoms with Gasteiger partial charge in [0.1, 0.15) is 11.8 Å². The largest absolute Gasteiger partial charge is 0.573 e. The Balaban J connectivity index is 2.10. The Labute approximate surface area is 144 Å². The zero-order valence-electron chi connectivity index (χ0n) is 13.5. The van der Waals surface area contributed by atoms with E-state index in [0.717, 1.165) is 12.1 Å². The van der Waals surface area contributed by atoms with E-state index in [4.69, 9.17) is 0 Å². The molecule has 1 aliphatic rings. The predicted molar refractivity (Wildman–Crippen MR) is 85.6 cm³/mol. The number of carbonyl (C=O) groups excluding carboxylic acids is 1. The molecule has 1 aromatic rings. The maximum atomic E-state index is 12.4. The minimum absolute atomic E-state index is 0.0499. The normalized spacial score (nSPS) is 19.0. The van der Waals surface area contributed by atoms with Crippen LogP contribution in [0.1, 0.15) is 26.2 Å². The van der Waals surface area contributed by atoms with Gasteiger partial charge < -0.3 is 10.1 Å². The van der Waals surface area contributed by atoms with Crippen molar-refractivity contribution in [2.24, 2.45) is 0 Å². The van der Waals surface area contributed by atoms with Crippen molar-refractivity contribution in [2.45, 2.75) is 38.6 Å². The Morgan fingerprint density at radius 2 is 2.12 bits per heavy atom. The molecule has 0 spiro atoms. The molecule has 0 bridgehead atoms. The van der Waals surface area contributed by atoms with Crippen LogP contribution in [-0.2, 0) is 14.8 Å². The minimum atomic E-state index is -4.83. The SMILES string of the molecule is CCCS(=O)(=O)N1CCC[C@H]1C(=O)Nc1cccc(OC(F)(F)F)c1. The van der Waals surface area contributed by atoms with Crippen LogP contribution in [-0.4, -0.2) is 43.3 Å². The van der Waals surface area contributed by atoms with E-state index in [0.29, 0.717) is 19.3 Å². The van der Waals surface area contributed by atoms with Gasteiger partial charge in [-0.3, -0.25) is 4.79 Å². The first-order valence-corrected chi connectivity index (χ1v) is 9.39. The van der Waals surface area contributed by atoms with Crippen molar-refractivity contribution < 1.29 is 31.1 Å². The lowest BCUT2D eigenvalue weighted by Crippen LogP contribution is -2.44. The molecule has 1 aromatic carbocycles. The number of carbonyl (C=O) groups is 1. The van der Waals surface area contributed by atoms with Crippen LogP contribution in [0, 0.1) is 0 Å². The molecule has 0 radical (unpaired) electrons. The molecule has 1 saturated heterocycles. The maximum Gasteiger partial charge on any atom is 0.573 e. The molecular weight excluding hydrogens is 361 g/mol. The average Bonchev–Trinajstić information content (AvgIpc) is 2.96. The molecule has 1 atom stereocenters. The Kier molecular flexibility index (Phi) is 5.94. The first-order valence-electron chi connectivity index (χ1n) is 7.78. The number of halogens is 3. The lowest BCUT2D eigenvalue weighted by atomic mass is 10.2. The van der Waals surface area contributed by atoms with Gasteiger partial charge in [0.2, 0.25) is 15.9 Å². The molecule has 0 aromatic heterocycles. The highest BCUT2D eigenvalue weighted by Gasteiger charge is 2.38. The summed E-state index contributed by atoms with van der Waals surface area (Å²) < 4.78 is 66.2. The summed E-state index contributed by atoms with van der Waals surface area (Å²) in [5.41, 5.74) is 0.103. The van der Waals surface area contributed by atoms with Gasteiger partial charge in [-0.2, -0.15) is 4.31 Å². The van der Waals surface area contributed by atoms with Gasteiger partial charge in [0, 0.05) is 18.3 Å². The molecule has 1 amide bonds. The summed E-state index contributed by atoms with van der Waals surface area (Å²) >= 11 is 0.